The summed E-state index contributed by atoms with van der Waals surface area (Å²) in [5.41, 5.74) is 1.14. The first-order valence-electron chi connectivity index (χ1n) is 7.35. The second kappa shape index (κ2) is 5.83. The van der Waals surface area contributed by atoms with Gasteiger partial charge in [-0.25, -0.2) is 9.78 Å². The molecule has 2 fully saturated rings. The minimum atomic E-state index is -0.814. The number of hydrogen-bond donors (Lipinski definition) is 2. The van der Waals surface area contributed by atoms with Crippen LogP contribution in [0, 0.1) is 0 Å². The Balaban J connectivity index is 1.61. The molecule has 0 radical (unpaired) electrons. The number of carboxylic acid groups (broad SMARTS) is 1. The Kier molecular flexibility index (Phi) is 3.91. The lowest BCUT2D eigenvalue weighted by Crippen LogP contribution is -2.37. The number of hydrogen-bond acceptors (Lipinski definition) is 3. The zero-order chi connectivity index (χ0) is 13.9. The van der Waals surface area contributed by atoms with Gasteiger partial charge in [-0.05, 0) is 25.7 Å². The van der Waals surface area contributed by atoms with Crippen LogP contribution < -0.4 is 0 Å². The summed E-state index contributed by atoms with van der Waals surface area (Å²) in [6.45, 7) is 2.86. The van der Waals surface area contributed by atoms with E-state index in [0.717, 1.165) is 50.4 Å². The van der Waals surface area contributed by atoms with Gasteiger partial charge < -0.3 is 19.7 Å². The van der Waals surface area contributed by atoms with Crippen LogP contribution in [0.2, 0.25) is 0 Å². The monoisotopic (exact) mass is 279 g/mol. The van der Waals surface area contributed by atoms with Gasteiger partial charge in [-0.3, -0.25) is 0 Å². The Bertz CT molecular complexity index is 460. The van der Waals surface area contributed by atoms with E-state index in [9.17, 15) is 4.79 Å². The van der Waals surface area contributed by atoms with E-state index >= 15 is 0 Å². The van der Waals surface area contributed by atoms with E-state index in [1.54, 1.807) is 0 Å². The fourth-order valence-corrected chi connectivity index (χ4v) is 3.11. The molecule has 0 aliphatic carbocycles. The highest BCUT2D eigenvalue weighted by Crippen LogP contribution is 2.30. The Morgan fingerprint density at radius 1 is 1.25 bits per heavy atom. The molecule has 2 aliphatic rings. The lowest BCUT2D eigenvalue weighted by atomic mass is 9.96. The van der Waals surface area contributed by atoms with E-state index in [2.05, 4.69) is 4.98 Å². The summed E-state index contributed by atoms with van der Waals surface area (Å²) >= 11 is 0. The summed E-state index contributed by atoms with van der Waals surface area (Å²) in [5.74, 6) is 1.89. The third-order valence-corrected chi connectivity index (χ3v) is 4.41. The molecule has 3 rings (SSSR count). The van der Waals surface area contributed by atoms with Crippen molar-refractivity contribution in [2.45, 2.75) is 37.5 Å². The predicted molar refractivity (Wildman–Crippen MR) is 73.0 cm³/mol. The van der Waals surface area contributed by atoms with Crippen LogP contribution in [0.15, 0.2) is 6.20 Å². The van der Waals surface area contributed by atoms with Crippen LogP contribution in [0.5, 0.6) is 0 Å². The second-order valence-corrected chi connectivity index (χ2v) is 5.64. The molecule has 110 valence electrons. The number of rotatable bonds is 2. The molecule has 0 atom stereocenters. The molecule has 0 bridgehead atoms. The van der Waals surface area contributed by atoms with Gasteiger partial charge in [-0.15, -0.1) is 0 Å². The molecule has 2 saturated heterocycles. The molecule has 2 aliphatic heterocycles. The van der Waals surface area contributed by atoms with Crippen molar-refractivity contribution in [2.24, 2.45) is 0 Å². The predicted octanol–water partition coefficient (Wildman–Crippen LogP) is 2.16. The van der Waals surface area contributed by atoms with Gasteiger partial charge in [0.05, 0.1) is 5.69 Å². The molecule has 1 aromatic heterocycles. The highest BCUT2D eigenvalue weighted by molar-refractivity contribution is 5.65. The summed E-state index contributed by atoms with van der Waals surface area (Å²) in [7, 11) is 0. The minimum absolute atomic E-state index is 0.360. The first kappa shape index (κ1) is 13.4. The number of piperidine rings is 1. The molecule has 0 unspecified atom stereocenters. The normalized spacial score (nSPS) is 22.1. The van der Waals surface area contributed by atoms with Crippen LogP contribution in [0.3, 0.4) is 0 Å². The van der Waals surface area contributed by atoms with E-state index in [1.165, 1.54) is 4.90 Å². The zero-order valence-corrected chi connectivity index (χ0v) is 11.5. The summed E-state index contributed by atoms with van der Waals surface area (Å²) in [5, 5.41) is 8.96. The lowest BCUT2D eigenvalue weighted by Gasteiger charge is -2.28. The third kappa shape index (κ3) is 2.80. The van der Waals surface area contributed by atoms with Gasteiger partial charge in [0, 0.05) is 44.3 Å². The van der Waals surface area contributed by atoms with Crippen molar-refractivity contribution in [1.82, 2.24) is 14.9 Å². The quantitative estimate of drug-likeness (QED) is 0.869. The summed E-state index contributed by atoms with van der Waals surface area (Å²) in [4.78, 5) is 20.4. The first-order valence-corrected chi connectivity index (χ1v) is 7.35. The van der Waals surface area contributed by atoms with Crippen molar-refractivity contribution >= 4 is 6.09 Å². The average molecular weight is 279 g/mol. The first-order chi connectivity index (χ1) is 9.74. The number of H-pyrrole nitrogens is 1. The number of likely N-dealkylation sites (tertiary alicyclic amines) is 1. The average Bonchev–Trinajstić information content (AvgIpc) is 2.98. The van der Waals surface area contributed by atoms with Crippen LogP contribution >= 0.6 is 0 Å². The lowest BCUT2D eigenvalue weighted by molar-refractivity contribution is 0.0845. The van der Waals surface area contributed by atoms with E-state index in [4.69, 9.17) is 14.8 Å². The molecular formula is C14H21N3O3. The highest BCUT2D eigenvalue weighted by atomic mass is 16.5. The van der Waals surface area contributed by atoms with Gasteiger partial charge >= 0.3 is 6.09 Å². The summed E-state index contributed by atoms with van der Waals surface area (Å²) in [6, 6.07) is 0. The molecule has 20 heavy (non-hydrogen) atoms. The van der Waals surface area contributed by atoms with Crippen LogP contribution in [0.4, 0.5) is 4.79 Å². The number of ether oxygens (including phenoxy) is 1. The van der Waals surface area contributed by atoms with E-state index < -0.39 is 6.09 Å². The summed E-state index contributed by atoms with van der Waals surface area (Å²) in [6.07, 6.45) is 5.00. The topological polar surface area (TPSA) is 78.4 Å². The molecule has 0 aromatic carbocycles. The van der Waals surface area contributed by atoms with Crippen LogP contribution in [0.25, 0.3) is 0 Å². The van der Waals surface area contributed by atoms with Gasteiger partial charge in [0.25, 0.3) is 0 Å². The van der Waals surface area contributed by atoms with Crippen molar-refractivity contribution < 1.29 is 14.6 Å². The number of amides is 1. The van der Waals surface area contributed by atoms with Crippen molar-refractivity contribution in [3.8, 4) is 0 Å². The molecule has 1 amide bonds. The van der Waals surface area contributed by atoms with Crippen LogP contribution in [-0.4, -0.2) is 52.4 Å². The molecule has 1 aromatic rings. The Labute approximate surface area is 118 Å². The molecule has 0 spiro atoms. The fourth-order valence-electron chi connectivity index (χ4n) is 3.11. The molecule has 3 heterocycles. The third-order valence-electron chi connectivity index (χ3n) is 4.41. The van der Waals surface area contributed by atoms with Gasteiger partial charge in [-0.2, -0.15) is 0 Å². The molecular weight excluding hydrogens is 258 g/mol. The minimum Gasteiger partial charge on any atom is -0.465 e. The van der Waals surface area contributed by atoms with Gasteiger partial charge in [0.15, 0.2) is 0 Å². The van der Waals surface area contributed by atoms with Gasteiger partial charge in [0.2, 0.25) is 0 Å². The van der Waals surface area contributed by atoms with Crippen molar-refractivity contribution in [1.29, 1.82) is 0 Å². The van der Waals surface area contributed by atoms with Gasteiger partial charge in [0.1, 0.15) is 5.82 Å². The van der Waals surface area contributed by atoms with E-state index in [1.807, 2.05) is 6.20 Å². The number of nitrogens with zero attached hydrogens (tertiary/aromatic N) is 2. The zero-order valence-electron chi connectivity index (χ0n) is 11.5. The SMILES string of the molecule is O=C(O)N1CCC(c2nc(C3CCOCC3)c[nH]2)CC1. The molecule has 0 saturated carbocycles. The largest absolute Gasteiger partial charge is 0.465 e. The highest BCUT2D eigenvalue weighted by Gasteiger charge is 2.26. The van der Waals surface area contributed by atoms with E-state index in [-0.39, 0.29) is 0 Å². The van der Waals surface area contributed by atoms with Crippen molar-refractivity contribution in [3.63, 3.8) is 0 Å². The molecule has 2 N–H and O–H groups in total. The smallest absolute Gasteiger partial charge is 0.407 e. The van der Waals surface area contributed by atoms with Crippen LogP contribution in [-0.2, 0) is 4.74 Å². The maximum atomic E-state index is 10.9. The number of aromatic amines is 1. The van der Waals surface area contributed by atoms with E-state index in [0.29, 0.717) is 24.9 Å². The summed E-state index contributed by atoms with van der Waals surface area (Å²) < 4.78 is 5.38. The standard InChI is InChI=1S/C14H21N3O3/c18-14(19)17-5-1-11(2-6-17)13-15-9-12(16-13)10-3-7-20-8-4-10/h9-11H,1-8H2,(H,15,16)(H,18,19). The number of nitrogens with one attached hydrogen (secondary N) is 1. The maximum absolute atomic E-state index is 10.9. The van der Waals surface area contributed by atoms with Crippen molar-refractivity contribution in [2.75, 3.05) is 26.3 Å². The Morgan fingerprint density at radius 2 is 1.95 bits per heavy atom. The maximum Gasteiger partial charge on any atom is 0.407 e. The number of imidazole rings is 1. The molecule has 6 nitrogen and oxygen atoms in total. The second-order valence-electron chi connectivity index (χ2n) is 5.64. The van der Waals surface area contributed by atoms with Crippen LogP contribution in [0.1, 0.15) is 49.0 Å². The Morgan fingerprint density at radius 3 is 2.60 bits per heavy atom. The number of carbonyl (C=O) groups is 1. The van der Waals surface area contributed by atoms with Gasteiger partial charge in [-0.1, -0.05) is 0 Å². The Hall–Kier alpha value is -1.56. The fraction of sp³-hybridized carbons (Fsp3) is 0.714. The molecule has 6 heteroatoms. The van der Waals surface area contributed by atoms with Crippen molar-refractivity contribution in [3.05, 3.63) is 17.7 Å². The number of aromatic nitrogens is 2.